The molecule has 1 aromatic carbocycles. The van der Waals surface area contributed by atoms with Crippen LogP contribution in [0, 0.1) is 12.8 Å². The molecule has 1 aliphatic heterocycles. The molecule has 0 radical (unpaired) electrons. The first-order valence-electron chi connectivity index (χ1n) is 8.66. The largest absolute Gasteiger partial charge is 0.449 e. The fourth-order valence-corrected chi connectivity index (χ4v) is 4.30. The van der Waals surface area contributed by atoms with Gasteiger partial charge in [-0.2, -0.15) is 0 Å². The number of nitrogens with zero attached hydrogens (tertiary/aromatic N) is 2. The van der Waals surface area contributed by atoms with Crippen LogP contribution >= 0.6 is 22.9 Å². The second kappa shape index (κ2) is 7.80. The van der Waals surface area contributed by atoms with E-state index in [-0.39, 0.29) is 11.8 Å². The van der Waals surface area contributed by atoms with E-state index in [1.54, 1.807) is 0 Å². The number of fused-ring (bicyclic) bond motifs is 1. The molecule has 1 N–H and O–H groups in total. The van der Waals surface area contributed by atoms with Crippen LogP contribution in [0.1, 0.15) is 32.3 Å². The number of carbonyl (C=O) groups excluding carboxylic acids is 2. The van der Waals surface area contributed by atoms with E-state index in [1.807, 2.05) is 32.9 Å². The number of ether oxygens (including phenoxy) is 1. The number of carbonyl (C=O) groups is 2. The van der Waals surface area contributed by atoms with Gasteiger partial charge in [0.15, 0.2) is 5.13 Å². The second-order valence-electron chi connectivity index (χ2n) is 6.90. The van der Waals surface area contributed by atoms with Crippen LogP contribution in [0.5, 0.6) is 0 Å². The Balaban J connectivity index is 1.70. The number of rotatable bonds is 4. The minimum Gasteiger partial charge on any atom is -0.449 e. The van der Waals surface area contributed by atoms with E-state index in [2.05, 4.69) is 10.3 Å². The minimum atomic E-state index is -0.522. The van der Waals surface area contributed by atoms with Gasteiger partial charge < -0.3 is 10.1 Å². The number of nitrogens with one attached hydrogen (secondary N) is 1. The molecule has 1 atom stereocenters. The van der Waals surface area contributed by atoms with Gasteiger partial charge in [-0.1, -0.05) is 36.8 Å². The number of likely N-dealkylation sites (tertiary alicyclic amines) is 1. The van der Waals surface area contributed by atoms with Crippen molar-refractivity contribution in [2.75, 3.05) is 18.5 Å². The molecule has 0 spiro atoms. The number of hydrogen-bond donors (Lipinski definition) is 1. The molecule has 8 heteroatoms. The van der Waals surface area contributed by atoms with Crippen molar-refractivity contribution < 1.29 is 14.3 Å². The fraction of sp³-hybridized carbons (Fsp3) is 0.500. The summed E-state index contributed by atoms with van der Waals surface area (Å²) < 4.78 is 6.20. The number of thiazole rings is 1. The number of halogens is 1. The number of amides is 2. The van der Waals surface area contributed by atoms with Gasteiger partial charge in [0.1, 0.15) is 6.04 Å². The van der Waals surface area contributed by atoms with Crippen LogP contribution in [-0.4, -0.2) is 41.1 Å². The zero-order valence-electron chi connectivity index (χ0n) is 15.0. The van der Waals surface area contributed by atoms with E-state index in [1.165, 1.54) is 16.2 Å². The number of aryl methyl sites for hydroxylation is 1. The SMILES string of the molecule is Cc1cc(Cl)cc2sc(NC(=O)C3CCCN3C(=O)OCC(C)C)nc12. The first kappa shape index (κ1) is 18.9. The van der Waals surface area contributed by atoms with Crippen molar-refractivity contribution in [3.8, 4) is 0 Å². The molecule has 26 heavy (non-hydrogen) atoms. The summed E-state index contributed by atoms with van der Waals surface area (Å²) in [6.07, 6.45) is 0.977. The normalized spacial score (nSPS) is 17.1. The summed E-state index contributed by atoms with van der Waals surface area (Å²) in [5.74, 6) is 0.0263. The van der Waals surface area contributed by atoms with Crippen LogP contribution in [0.3, 0.4) is 0 Å². The van der Waals surface area contributed by atoms with Gasteiger partial charge in [-0.05, 0) is 43.4 Å². The molecule has 3 rings (SSSR count). The third-order valence-corrected chi connectivity index (χ3v) is 5.35. The van der Waals surface area contributed by atoms with Crippen LogP contribution < -0.4 is 5.32 Å². The number of benzene rings is 1. The highest BCUT2D eigenvalue weighted by Gasteiger charge is 2.35. The van der Waals surface area contributed by atoms with Gasteiger partial charge in [0.2, 0.25) is 5.91 Å². The van der Waals surface area contributed by atoms with Crippen molar-refractivity contribution in [1.82, 2.24) is 9.88 Å². The molecule has 6 nitrogen and oxygen atoms in total. The first-order chi connectivity index (χ1) is 12.3. The van der Waals surface area contributed by atoms with Gasteiger partial charge in [0, 0.05) is 11.6 Å². The van der Waals surface area contributed by atoms with Crippen molar-refractivity contribution in [2.24, 2.45) is 5.92 Å². The molecule has 0 saturated carbocycles. The smallest absolute Gasteiger partial charge is 0.410 e. The van der Waals surface area contributed by atoms with Crippen LogP contribution in [-0.2, 0) is 9.53 Å². The maximum Gasteiger partial charge on any atom is 0.410 e. The van der Waals surface area contributed by atoms with Gasteiger partial charge in [-0.25, -0.2) is 9.78 Å². The standard InChI is InChI=1S/C18H22ClN3O3S/c1-10(2)9-25-18(24)22-6-4-5-13(22)16(23)21-17-20-15-11(3)7-12(19)8-14(15)26-17/h7-8,10,13H,4-6,9H2,1-3H3,(H,20,21,23). The highest BCUT2D eigenvalue weighted by molar-refractivity contribution is 7.22. The molecule has 2 heterocycles. The third-order valence-electron chi connectivity index (χ3n) is 4.21. The molecule has 0 bridgehead atoms. The fourth-order valence-electron chi connectivity index (χ4n) is 2.98. The average molecular weight is 396 g/mol. The quantitative estimate of drug-likeness (QED) is 0.829. The Labute approximate surface area is 161 Å². The van der Waals surface area contributed by atoms with E-state index < -0.39 is 12.1 Å². The molecular weight excluding hydrogens is 374 g/mol. The van der Waals surface area contributed by atoms with Crippen molar-refractivity contribution in [3.05, 3.63) is 22.7 Å². The lowest BCUT2D eigenvalue weighted by Crippen LogP contribution is -2.43. The molecular formula is C18H22ClN3O3S. The first-order valence-corrected chi connectivity index (χ1v) is 9.85. The number of aromatic nitrogens is 1. The molecule has 1 fully saturated rings. The Morgan fingerprint density at radius 2 is 2.23 bits per heavy atom. The van der Waals surface area contributed by atoms with Crippen LogP contribution in [0.2, 0.25) is 5.02 Å². The van der Waals surface area contributed by atoms with E-state index >= 15 is 0 Å². The van der Waals surface area contributed by atoms with E-state index in [9.17, 15) is 9.59 Å². The summed E-state index contributed by atoms with van der Waals surface area (Å²) in [5.41, 5.74) is 1.79. The zero-order chi connectivity index (χ0) is 18.8. The molecule has 1 aliphatic rings. The zero-order valence-corrected chi connectivity index (χ0v) is 16.6. The van der Waals surface area contributed by atoms with Crippen molar-refractivity contribution in [2.45, 2.75) is 39.7 Å². The maximum atomic E-state index is 12.7. The van der Waals surface area contributed by atoms with Crippen molar-refractivity contribution in [1.29, 1.82) is 0 Å². The third kappa shape index (κ3) is 4.10. The lowest BCUT2D eigenvalue weighted by Gasteiger charge is -2.23. The van der Waals surface area contributed by atoms with E-state index in [0.717, 1.165) is 22.2 Å². The topological polar surface area (TPSA) is 71.5 Å². The minimum absolute atomic E-state index is 0.230. The monoisotopic (exact) mass is 395 g/mol. The van der Waals surface area contributed by atoms with Crippen LogP contribution in [0.25, 0.3) is 10.2 Å². The maximum absolute atomic E-state index is 12.7. The molecule has 140 valence electrons. The van der Waals surface area contributed by atoms with Crippen molar-refractivity contribution >= 4 is 50.3 Å². The highest BCUT2D eigenvalue weighted by atomic mass is 35.5. The molecule has 0 aliphatic carbocycles. The van der Waals surface area contributed by atoms with E-state index in [4.69, 9.17) is 16.3 Å². The van der Waals surface area contributed by atoms with Crippen molar-refractivity contribution in [3.63, 3.8) is 0 Å². The number of anilines is 1. The van der Waals surface area contributed by atoms with Gasteiger partial charge >= 0.3 is 6.09 Å². The Kier molecular flexibility index (Phi) is 5.67. The summed E-state index contributed by atoms with van der Waals surface area (Å²) in [7, 11) is 0. The average Bonchev–Trinajstić information content (AvgIpc) is 3.19. The van der Waals surface area contributed by atoms with E-state index in [0.29, 0.717) is 29.7 Å². The predicted octanol–water partition coefficient (Wildman–Crippen LogP) is 4.45. The molecule has 2 aromatic rings. The Bertz CT molecular complexity index is 836. The summed E-state index contributed by atoms with van der Waals surface area (Å²) in [6.45, 7) is 6.76. The molecule has 1 unspecified atom stereocenters. The van der Waals surface area contributed by atoms with Crippen LogP contribution in [0.15, 0.2) is 12.1 Å². The van der Waals surface area contributed by atoms with Crippen LogP contribution in [0.4, 0.5) is 9.93 Å². The molecule has 1 saturated heterocycles. The van der Waals surface area contributed by atoms with Gasteiger partial charge in [0.25, 0.3) is 0 Å². The summed E-state index contributed by atoms with van der Waals surface area (Å²) in [5, 5.41) is 4.00. The Morgan fingerprint density at radius 3 is 2.96 bits per heavy atom. The molecule has 2 amide bonds. The van der Waals surface area contributed by atoms with Gasteiger partial charge in [-0.15, -0.1) is 0 Å². The summed E-state index contributed by atoms with van der Waals surface area (Å²) in [6, 6.07) is 3.16. The second-order valence-corrected chi connectivity index (χ2v) is 8.37. The lowest BCUT2D eigenvalue weighted by atomic mass is 10.2. The lowest BCUT2D eigenvalue weighted by molar-refractivity contribution is -0.120. The van der Waals surface area contributed by atoms with Gasteiger partial charge in [-0.3, -0.25) is 9.69 Å². The Hall–Kier alpha value is -1.86. The Morgan fingerprint density at radius 1 is 1.46 bits per heavy atom. The predicted molar refractivity (Wildman–Crippen MR) is 104 cm³/mol. The highest BCUT2D eigenvalue weighted by Crippen LogP contribution is 2.31. The summed E-state index contributed by atoms with van der Waals surface area (Å²) in [4.78, 5) is 30.9. The number of hydrogen-bond acceptors (Lipinski definition) is 5. The van der Waals surface area contributed by atoms with Gasteiger partial charge in [0.05, 0.1) is 16.8 Å². The summed E-state index contributed by atoms with van der Waals surface area (Å²) >= 11 is 7.46. The molecule has 1 aromatic heterocycles.